The third-order valence-electron chi connectivity index (χ3n) is 17.5. The van der Waals surface area contributed by atoms with Crippen molar-refractivity contribution in [2.45, 2.75) is 0 Å². The normalized spacial score (nSPS) is 12.2. The van der Waals surface area contributed by atoms with Gasteiger partial charge in [0.15, 0.2) is 0 Å². The monoisotopic (exact) mass is 1180 g/mol. The predicted octanol–water partition coefficient (Wildman–Crippen LogP) is 25.2. The van der Waals surface area contributed by atoms with Crippen LogP contribution in [0.2, 0.25) is 0 Å². The molecule has 0 aliphatic rings. The number of hydrogen-bond donors (Lipinski definition) is 0. The third kappa shape index (κ3) is 7.48. The largest absolute Gasteiger partial charge is 0.310 e. The van der Waals surface area contributed by atoms with Crippen molar-refractivity contribution in [1.29, 1.82) is 0 Å². The lowest BCUT2D eigenvalue weighted by Crippen LogP contribution is -2.13. The van der Waals surface area contributed by atoms with E-state index in [1.807, 2.05) is 56.7 Å². The molecule has 0 N–H and O–H groups in total. The Hall–Kier alpha value is -9.64. The van der Waals surface area contributed by atoms with E-state index >= 15 is 0 Å². The molecule has 6 heterocycles. The summed E-state index contributed by atoms with van der Waals surface area (Å²) in [5, 5.41) is 15.3. The molecule has 0 amide bonds. The van der Waals surface area contributed by atoms with Crippen LogP contribution in [0.3, 0.4) is 0 Å². The number of thiophene rings is 5. The van der Waals surface area contributed by atoms with Gasteiger partial charge in [0.2, 0.25) is 0 Å². The Labute approximate surface area is 513 Å². The number of benzene rings is 13. The smallest absolute Gasteiger partial charge is 0.0555 e. The molecule has 0 saturated heterocycles. The molecular weight excluding hydrogens is 1140 g/mol. The van der Waals surface area contributed by atoms with Gasteiger partial charge in [-0.25, -0.2) is 0 Å². The summed E-state index contributed by atoms with van der Waals surface area (Å²) in [5.41, 5.74) is 12.2. The summed E-state index contributed by atoms with van der Waals surface area (Å²) in [5.74, 6) is 0. The SMILES string of the molecule is c1ccc(-n2c3cc(-c4cc(N(c5ccc6sc7ccccc7c6c5)c5ccc6sc7ccccc7c6c5)cc(N(c5ccc6sc7ccccc7c6c5)c5ccc6sc7ccccc7c6c5)c4)ccc3c3c4sc5ccccc5c4ccc32)cc1. The highest BCUT2D eigenvalue weighted by Gasteiger charge is 2.25. The summed E-state index contributed by atoms with van der Waals surface area (Å²) >= 11 is 9.35. The van der Waals surface area contributed by atoms with Gasteiger partial charge in [-0.3, -0.25) is 0 Å². The number of rotatable bonds is 8. The van der Waals surface area contributed by atoms with E-state index < -0.39 is 0 Å². The molecule has 3 nitrogen and oxygen atoms in total. The molecule has 0 unspecified atom stereocenters. The fourth-order valence-corrected chi connectivity index (χ4v) is 19.2. The molecule has 19 rings (SSSR count). The Kier molecular flexibility index (Phi) is 10.7. The van der Waals surface area contributed by atoms with Crippen LogP contribution >= 0.6 is 56.7 Å². The number of hydrogen-bond acceptors (Lipinski definition) is 7. The molecule has 402 valence electrons. The van der Waals surface area contributed by atoms with E-state index in [0.717, 1.165) is 50.9 Å². The van der Waals surface area contributed by atoms with E-state index in [1.54, 1.807) is 0 Å². The Balaban J connectivity index is 0.917. The van der Waals surface area contributed by atoms with Crippen molar-refractivity contribution < 1.29 is 0 Å². The lowest BCUT2D eigenvalue weighted by molar-refractivity contribution is 1.18. The number of nitrogens with zero attached hydrogens (tertiary/aromatic N) is 3. The fraction of sp³-hybridized carbons (Fsp3) is 0. The second-order valence-corrected chi connectivity index (χ2v) is 27.7. The van der Waals surface area contributed by atoms with Gasteiger partial charge >= 0.3 is 0 Å². The topological polar surface area (TPSA) is 11.4 Å². The van der Waals surface area contributed by atoms with E-state index in [1.165, 1.54) is 123 Å². The maximum absolute atomic E-state index is 2.52. The van der Waals surface area contributed by atoms with E-state index in [-0.39, 0.29) is 0 Å². The Bertz CT molecular complexity index is 5530. The van der Waals surface area contributed by atoms with Gasteiger partial charge in [0.25, 0.3) is 0 Å². The van der Waals surface area contributed by atoms with Crippen LogP contribution in [0.25, 0.3) is 139 Å². The first-order valence-electron chi connectivity index (χ1n) is 28.9. The summed E-state index contributed by atoms with van der Waals surface area (Å²) in [6, 6.07) is 103. The standard InChI is InChI=1S/C78H45N3S5/c1-2-14-48(15-3-1)81-66-33-32-60-55-16-4-13-25-72(55)86-78(60)77(66)61-31-26-46(40-67(61)81)47-38-53(79(49-27-34-73-62(42-49)56-17-5-9-21-68(56)82-73)50-28-35-74-63(43-50)57-18-6-10-22-69(57)83-74)41-54(39-47)80(51-29-36-75-64(44-51)58-19-7-11-23-70(58)84-75)52-30-37-76-65(45-52)59-20-8-12-24-71(59)85-76/h1-45H. The zero-order chi connectivity index (χ0) is 56.1. The highest BCUT2D eigenvalue weighted by atomic mass is 32.1. The highest BCUT2D eigenvalue weighted by Crippen LogP contribution is 2.50. The van der Waals surface area contributed by atoms with Crippen LogP contribution in [0.1, 0.15) is 0 Å². The van der Waals surface area contributed by atoms with Crippen LogP contribution in [0.15, 0.2) is 273 Å². The van der Waals surface area contributed by atoms with Gasteiger partial charge in [-0.1, -0.05) is 127 Å². The van der Waals surface area contributed by atoms with Crippen LogP contribution in [0, 0.1) is 0 Å². The van der Waals surface area contributed by atoms with Gasteiger partial charge in [-0.05, 0) is 157 Å². The minimum atomic E-state index is 1.06. The molecule has 0 aliphatic heterocycles. The summed E-state index contributed by atoms with van der Waals surface area (Å²) in [7, 11) is 0. The van der Waals surface area contributed by atoms with E-state index in [0.29, 0.717) is 0 Å². The predicted molar refractivity (Wildman–Crippen MR) is 380 cm³/mol. The van der Waals surface area contributed by atoms with Crippen molar-refractivity contribution in [1.82, 2.24) is 4.57 Å². The van der Waals surface area contributed by atoms with Crippen molar-refractivity contribution in [3.8, 4) is 16.8 Å². The molecular formula is C78H45N3S5. The second-order valence-electron chi connectivity index (χ2n) is 22.4. The first-order chi connectivity index (χ1) is 42.6. The lowest BCUT2D eigenvalue weighted by atomic mass is 9.99. The molecule has 6 aromatic heterocycles. The van der Waals surface area contributed by atoms with Gasteiger partial charge in [-0.15, -0.1) is 56.7 Å². The van der Waals surface area contributed by atoms with Crippen molar-refractivity contribution in [2.75, 3.05) is 9.80 Å². The first-order valence-corrected chi connectivity index (χ1v) is 33.0. The maximum Gasteiger partial charge on any atom is 0.0555 e. The number of anilines is 6. The molecule has 0 aliphatic carbocycles. The van der Waals surface area contributed by atoms with Crippen LogP contribution in [0.5, 0.6) is 0 Å². The van der Waals surface area contributed by atoms with E-state index in [2.05, 4.69) is 287 Å². The summed E-state index contributed by atoms with van der Waals surface area (Å²) in [6.45, 7) is 0. The van der Waals surface area contributed by atoms with Gasteiger partial charge in [0.05, 0.1) is 11.0 Å². The summed E-state index contributed by atoms with van der Waals surface area (Å²) in [4.78, 5) is 5.04. The van der Waals surface area contributed by atoms with Gasteiger partial charge in [-0.2, -0.15) is 0 Å². The number of aromatic nitrogens is 1. The van der Waals surface area contributed by atoms with E-state index in [4.69, 9.17) is 0 Å². The molecule has 19 aromatic rings. The van der Waals surface area contributed by atoms with Gasteiger partial charge in [0, 0.05) is 151 Å². The molecule has 8 heteroatoms. The third-order valence-corrected chi connectivity index (χ3v) is 23.3. The van der Waals surface area contributed by atoms with Crippen LogP contribution in [-0.2, 0) is 0 Å². The minimum Gasteiger partial charge on any atom is -0.310 e. The number of para-hydroxylation sites is 1. The lowest BCUT2D eigenvalue weighted by Gasteiger charge is -2.30. The Morgan fingerprint density at radius 2 is 0.593 bits per heavy atom. The van der Waals surface area contributed by atoms with Crippen LogP contribution in [0.4, 0.5) is 34.1 Å². The molecule has 0 spiro atoms. The van der Waals surface area contributed by atoms with Crippen molar-refractivity contribution in [3.05, 3.63) is 273 Å². The molecule has 0 atom stereocenters. The van der Waals surface area contributed by atoms with Gasteiger partial charge in [0.1, 0.15) is 0 Å². The van der Waals surface area contributed by atoms with Crippen molar-refractivity contribution >= 4 is 213 Å². The summed E-state index contributed by atoms with van der Waals surface area (Å²) < 4.78 is 15.4. The zero-order valence-electron chi connectivity index (χ0n) is 45.9. The summed E-state index contributed by atoms with van der Waals surface area (Å²) in [6.07, 6.45) is 0. The minimum absolute atomic E-state index is 1.06. The molecule has 0 saturated carbocycles. The Morgan fingerprint density at radius 3 is 1.03 bits per heavy atom. The Morgan fingerprint density at radius 1 is 0.221 bits per heavy atom. The van der Waals surface area contributed by atoms with Crippen molar-refractivity contribution in [3.63, 3.8) is 0 Å². The van der Waals surface area contributed by atoms with Crippen molar-refractivity contribution in [2.24, 2.45) is 0 Å². The fourth-order valence-electron chi connectivity index (χ4n) is 13.6. The second kappa shape index (κ2) is 18.9. The molecule has 0 bridgehead atoms. The first kappa shape index (κ1) is 48.7. The van der Waals surface area contributed by atoms with Gasteiger partial charge < -0.3 is 14.4 Å². The molecule has 0 radical (unpaired) electrons. The zero-order valence-corrected chi connectivity index (χ0v) is 49.9. The average molecular weight is 1180 g/mol. The average Bonchev–Trinajstić information content (AvgIpc) is 2.20. The quantitative estimate of drug-likeness (QED) is 0.150. The van der Waals surface area contributed by atoms with Crippen LogP contribution in [-0.4, -0.2) is 4.57 Å². The molecule has 0 fully saturated rings. The highest BCUT2D eigenvalue weighted by molar-refractivity contribution is 7.27. The molecule has 86 heavy (non-hydrogen) atoms. The van der Waals surface area contributed by atoms with Crippen LogP contribution < -0.4 is 9.80 Å². The van der Waals surface area contributed by atoms with E-state index in [9.17, 15) is 0 Å². The maximum atomic E-state index is 2.52. The number of fused-ring (bicyclic) bond motifs is 19. The molecule has 13 aromatic carbocycles.